The van der Waals surface area contributed by atoms with Crippen LogP contribution in [-0.2, 0) is 4.74 Å². The molecule has 108 valence electrons. The summed E-state index contributed by atoms with van der Waals surface area (Å²) in [6.07, 6.45) is 2.43. The molecule has 1 aliphatic heterocycles. The Kier molecular flexibility index (Phi) is 3.63. The molecule has 3 N–H and O–H groups in total. The van der Waals surface area contributed by atoms with E-state index in [2.05, 4.69) is 35.2 Å². The number of H-pyrrole nitrogens is 2. The highest BCUT2D eigenvalue weighted by Gasteiger charge is 2.21. The molecule has 0 amide bonds. The van der Waals surface area contributed by atoms with E-state index in [0.29, 0.717) is 12.1 Å². The van der Waals surface area contributed by atoms with E-state index in [9.17, 15) is 4.79 Å². The lowest BCUT2D eigenvalue weighted by atomic mass is 10.0. The predicted molar refractivity (Wildman–Crippen MR) is 78.9 cm³/mol. The van der Waals surface area contributed by atoms with Crippen LogP contribution in [0.25, 0.3) is 11.0 Å². The first-order chi connectivity index (χ1) is 9.61. The van der Waals surface area contributed by atoms with Crippen LogP contribution >= 0.6 is 0 Å². The molecular weight excluding hydrogens is 254 g/mol. The maximum atomic E-state index is 11.3. The minimum atomic E-state index is -0.156. The highest BCUT2D eigenvalue weighted by Crippen LogP contribution is 2.21. The van der Waals surface area contributed by atoms with Crippen molar-refractivity contribution in [3.05, 3.63) is 34.2 Å². The molecule has 3 rings (SSSR count). The summed E-state index contributed by atoms with van der Waals surface area (Å²) in [6, 6.07) is 6.80. The predicted octanol–water partition coefficient (Wildman–Crippen LogP) is 2.07. The number of hydrogen-bond donors (Lipinski definition) is 3. The fraction of sp³-hybridized carbons (Fsp3) is 0.533. The minimum Gasteiger partial charge on any atom is -0.378 e. The lowest BCUT2D eigenvalue weighted by Crippen LogP contribution is -2.39. The summed E-state index contributed by atoms with van der Waals surface area (Å²) in [6.45, 7) is 5.11. The number of imidazole rings is 1. The number of aromatic nitrogens is 2. The topological polar surface area (TPSA) is 69.9 Å². The van der Waals surface area contributed by atoms with Gasteiger partial charge in [0, 0.05) is 18.7 Å². The number of nitrogens with one attached hydrogen (secondary N) is 3. The molecule has 20 heavy (non-hydrogen) atoms. The Morgan fingerprint density at radius 1 is 1.35 bits per heavy atom. The van der Waals surface area contributed by atoms with Gasteiger partial charge in [0.15, 0.2) is 0 Å². The number of fused-ring (bicyclic) bond motifs is 1. The molecular formula is C15H21N3O2. The van der Waals surface area contributed by atoms with Crippen molar-refractivity contribution in [3.8, 4) is 0 Å². The van der Waals surface area contributed by atoms with Crippen molar-refractivity contribution in [2.24, 2.45) is 0 Å². The molecule has 5 nitrogen and oxygen atoms in total. The normalized spacial score (nSPS) is 24.9. The van der Waals surface area contributed by atoms with E-state index in [1.165, 1.54) is 5.56 Å². The lowest BCUT2D eigenvalue weighted by Gasteiger charge is -2.30. The quantitative estimate of drug-likeness (QED) is 0.803. The Morgan fingerprint density at radius 3 is 2.95 bits per heavy atom. The molecule has 1 aromatic heterocycles. The standard InChI is InChI=1S/C15H21N3O2/c1-9-7-12(5-6-20-9)16-10(2)11-3-4-13-14(8-11)18-15(19)17-13/h3-4,8-10,12,16H,5-7H2,1-2H3,(H2,17,18,19). The first-order valence-electron chi connectivity index (χ1n) is 7.21. The van der Waals surface area contributed by atoms with Crippen molar-refractivity contribution in [1.82, 2.24) is 15.3 Å². The summed E-state index contributed by atoms with van der Waals surface area (Å²) in [5.74, 6) is 0. The van der Waals surface area contributed by atoms with E-state index in [1.54, 1.807) is 0 Å². The Bertz CT molecular complexity index is 646. The van der Waals surface area contributed by atoms with Crippen molar-refractivity contribution in [1.29, 1.82) is 0 Å². The summed E-state index contributed by atoms with van der Waals surface area (Å²) >= 11 is 0. The molecule has 3 atom stereocenters. The summed E-state index contributed by atoms with van der Waals surface area (Å²) in [7, 11) is 0. The smallest absolute Gasteiger partial charge is 0.323 e. The van der Waals surface area contributed by atoms with Gasteiger partial charge in [-0.25, -0.2) is 4.79 Å². The van der Waals surface area contributed by atoms with Gasteiger partial charge in [-0.05, 0) is 44.4 Å². The van der Waals surface area contributed by atoms with E-state index in [4.69, 9.17) is 4.74 Å². The summed E-state index contributed by atoms with van der Waals surface area (Å²) < 4.78 is 5.57. The molecule has 5 heteroatoms. The highest BCUT2D eigenvalue weighted by molar-refractivity contribution is 5.75. The monoisotopic (exact) mass is 275 g/mol. The average molecular weight is 275 g/mol. The second kappa shape index (κ2) is 5.42. The Morgan fingerprint density at radius 2 is 2.15 bits per heavy atom. The van der Waals surface area contributed by atoms with Gasteiger partial charge in [-0.3, -0.25) is 0 Å². The van der Waals surface area contributed by atoms with Crippen molar-refractivity contribution >= 4 is 11.0 Å². The van der Waals surface area contributed by atoms with Gasteiger partial charge in [-0.2, -0.15) is 0 Å². The van der Waals surface area contributed by atoms with Gasteiger partial charge in [0.2, 0.25) is 0 Å². The lowest BCUT2D eigenvalue weighted by molar-refractivity contribution is 0.0116. The van der Waals surface area contributed by atoms with Crippen LogP contribution in [0.5, 0.6) is 0 Å². The van der Waals surface area contributed by atoms with Gasteiger partial charge in [0.05, 0.1) is 17.1 Å². The number of ether oxygens (including phenoxy) is 1. The van der Waals surface area contributed by atoms with E-state index < -0.39 is 0 Å². The van der Waals surface area contributed by atoms with Crippen LogP contribution in [0.1, 0.15) is 38.3 Å². The molecule has 2 heterocycles. The number of rotatable bonds is 3. The molecule has 1 aromatic carbocycles. The van der Waals surface area contributed by atoms with Crippen LogP contribution in [0.2, 0.25) is 0 Å². The van der Waals surface area contributed by atoms with Crippen LogP contribution < -0.4 is 11.0 Å². The third-order valence-corrected chi connectivity index (χ3v) is 4.01. The molecule has 2 aromatic rings. The van der Waals surface area contributed by atoms with Crippen LogP contribution in [0.15, 0.2) is 23.0 Å². The van der Waals surface area contributed by atoms with Crippen LogP contribution in [0.4, 0.5) is 0 Å². The highest BCUT2D eigenvalue weighted by atomic mass is 16.5. The first-order valence-corrected chi connectivity index (χ1v) is 7.21. The second-order valence-electron chi connectivity index (χ2n) is 5.68. The Balaban J connectivity index is 1.74. The summed E-state index contributed by atoms with van der Waals surface area (Å²) in [5.41, 5.74) is 2.75. The van der Waals surface area contributed by atoms with Gasteiger partial charge in [0.1, 0.15) is 0 Å². The largest absolute Gasteiger partial charge is 0.378 e. The molecule has 0 spiro atoms. The molecule has 1 fully saturated rings. The summed E-state index contributed by atoms with van der Waals surface area (Å²) in [4.78, 5) is 16.9. The summed E-state index contributed by atoms with van der Waals surface area (Å²) in [5, 5.41) is 3.65. The Hall–Kier alpha value is -1.59. The van der Waals surface area contributed by atoms with Crippen LogP contribution in [0, 0.1) is 0 Å². The fourth-order valence-corrected chi connectivity index (χ4v) is 2.92. The zero-order valence-electron chi connectivity index (χ0n) is 11.9. The molecule has 0 radical (unpaired) electrons. The maximum absolute atomic E-state index is 11.3. The molecule has 0 aliphatic carbocycles. The molecule has 1 aliphatic rings. The first kappa shape index (κ1) is 13.4. The van der Waals surface area contributed by atoms with Crippen molar-refractivity contribution in [3.63, 3.8) is 0 Å². The second-order valence-corrected chi connectivity index (χ2v) is 5.68. The average Bonchev–Trinajstić information content (AvgIpc) is 2.77. The Labute approximate surface area is 117 Å². The van der Waals surface area contributed by atoms with Crippen LogP contribution in [0.3, 0.4) is 0 Å². The maximum Gasteiger partial charge on any atom is 0.323 e. The van der Waals surface area contributed by atoms with Crippen LogP contribution in [-0.4, -0.2) is 28.7 Å². The fourth-order valence-electron chi connectivity index (χ4n) is 2.92. The van der Waals surface area contributed by atoms with E-state index in [0.717, 1.165) is 30.5 Å². The number of benzene rings is 1. The number of hydrogen-bond acceptors (Lipinski definition) is 3. The van der Waals surface area contributed by atoms with Crippen molar-refractivity contribution in [2.45, 2.75) is 44.9 Å². The van der Waals surface area contributed by atoms with Gasteiger partial charge in [0.25, 0.3) is 0 Å². The molecule has 3 unspecified atom stereocenters. The zero-order valence-corrected chi connectivity index (χ0v) is 11.9. The molecule has 0 bridgehead atoms. The van der Waals surface area contributed by atoms with E-state index in [1.807, 2.05) is 12.1 Å². The molecule has 0 saturated carbocycles. The van der Waals surface area contributed by atoms with Gasteiger partial charge >= 0.3 is 5.69 Å². The van der Waals surface area contributed by atoms with Gasteiger partial charge in [-0.1, -0.05) is 6.07 Å². The third kappa shape index (κ3) is 2.78. The minimum absolute atomic E-state index is 0.156. The van der Waals surface area contributed by atoms with Crippen molar-refractivity contribution in [2.75, 3.05) is 6.61 Å². The van der Waals surface area contributed by atoms with Gasteiger partial charge < -0.3 is 20.0 Å². The van der Waals surface area contributed by atoms with Gasteiger partial charge in [-0.15, -0.1) is 0 Å². The van der Waals surface area contributed by atoms with E-state index >= 15 is 0 Å². The molecule has 1 saturated heterocycles. The van der Waals surface area contributed by atoms with E-state index in [-0.39, 0.29) is 11.7 Å². The third-order valence-electron chi connectivity index (χ3n) is 4.01. The number of aromatic amines is 2. The zero-order chi connectivity index (χ0) is 14.1. The SMILES string of the molecule is CC1CC(NC(C)c2ccc3[nH]c(=O)[nH]c3c2)CCO1. The van der Waals surface area contributed by atoms with Crippen molar-refractivity contribution < 1.29 is 4.74 Å².